The molecule has 2 saturated heterocycles. The van der Waals surface area contributed by atoms with E-state index in [0.717, 1.165) is 59.3 Å². The predicted molar refractivity (Wildman–Crippen MR) is 216 cm³/mol. The standard InChI is InChI=1S/C42H56N8O6/c1-26(2)41(5,47-39(53)55-8)37(51)49-22-10-12-34(49)36-44-25-33(46-36)31-20-16-29(17-21-31)28-14-18-30(19-15-28)32(24-43-7)45-35-13-11-23-50(35)38(52)42(6,27(3)4)48-40(54)56-9/h14-21,24-27,34-35,45H,7,10-13,22-23H2,1-6,8-9H3,(H,44,46)(H,47,53)(H,48,54)/b32-24-/t34?,35?,41-,42-/m0/s1. The number of alkyl carbamates (subject to hydrolysis) is 2. The molecule has 2 fully saturated rings. The molecule has 2 unspecified atom stereocenters. The minimum absolute atomic E-state index is 0.164. The van der Waals surface area contributed by atoms with Gasteiger partial charge in [0.15, 0.2) is 0 Å². The van der Waals surface area contributed by atoms with Crippen LogP contribution in [0.2, 0.25) is 0 Å². The van der Waals surface area contributed by atoms with Crippen molar-refractivity contribution in [3.05, 3.63) is 72.3 Å². The van der Waals surface area contributed by atoms with Crippen molar-refractivity contribution in [3.63, 3.8) is 0 Å². The molecule has 4 amide bonds. The molecule has 0 radical (unpaired) electrons. The van der Waals surface area contributed by atoms with Crippen LogP contribution in [0.5, 0.6) is 0 Å². The van der Waals surface area contributed by atoms with E-state index in [2.05, 4.69) is 44.8 Å². The summed E-state index contributed by atoms with van der Waals surface area (Å²) in [4.78, 5) is 67.8. The number of likely N-dealkylation sites (tertiary alicyclic amines) is 2. The molecule has 1 aromatic heterocycles. The number of nitrogens with zero attached hydrogens (tertiary/aromatic N) is 4. The van der Waals surface area contributed by atoms with Gasteiger partial charge in [-0.05, 0) is 80.3 Å². The third-order valence-corrected chi connectivity index (χ3v) is 11.5. The molecule has 0 spiro atoms. The first kappa shape index (κ1) is 41.5. The van der Waals surface area contributed by atoms with E-state index in [0.29, 0.717) is 18.9 Å². The molecule has 4 atom stereocenters. The molecule has 56 heavy (non-hydrogen) atoms. The highest BCUT2D eigenvalue weighted by atomic mass is 16.5. The number of hydrogen-bond acceptors (Lipinski definition) is 9. The third kappa shape index (κ3) is 8.58. The maximum atomic E-state index is 13.9. The van der Waals surface area contributed by atoms with Crippen molar-refractivity contribution in [2.24, 2.45) is 16.8 Å². The van der Waals surface area contributed by atoms with Gasteiger partial charge >= 0.3 is 12.2 Å². The van der Waals surface area contributed by atoms with E-state index in [9.17, 15) is 19.2 Å². The quantitative estimate of drug-likeness (QED) is 0.143. The lowest BCUT2D eigenvalue weighted by atomic mass is 9.86. The van der Waals surface area contributed by atoms with Crippen LogP contribution >= 0.6 is 0 Å². The number of aromatic nitrogens is 2. The molecule has 2 aliphatic rings. The highest BCUT2D eigenvalue weighted by Crippen LogP contribution is 2.35. The Morgan fingerprint density at radius 3 is 1.86 bits per heavy atom. The normalized spacial score (nSPS) is 19.3. The maximum Gasteiger partial charge on any atom is 0.407 e. The van der Waals surface area contributed by atoms with Crippen LogP contribution in [0.3, 0.4) is 0 Å². The van der Waals surface area contributed by atoms with Crippen LogP contribution in [0, 0.1) is 11.8 Å². The summed E-state index contributed by atoms with van der Waals surface area (Å²) in [6.07, 6.45) is 4.99. The third-order valence-electron chi connectivity index (χ3n) is 11.5. The van der Waals surface area contributed by atoms with Crippen molar-refractivity contribution in [2.45, 2.75) is 90.5 Å². The van der Waals surface area contributed by atoms with Crippen LogP contribution < -0.4 is 16.0 Å². The smallest absolute Gasteiger partial charge is 0.407 e. The molecule has 2 aliphatic heterocycles. The monoisotopic (exact) mass is 768 g/mol. The van der Waals surface area contributed by atoms with Gasteiger partial charge in [-0.2, -0.15) is 0 Å². The van der Waals surface area contributed by atoms with Crippen molar-refractivity contribution in [3.8, 4) is 22.4 Å². The number of aromatic amines is 1. The van der Waals surface area contributed by atoms with Crippen molar-refractivity contribution >= 4 is 36.4 Å². The molecule has 300 valence electrons. The number of hydrogen-bond donors (Lipinski definition) is 4. The summed E-state index contributed by atoms with van der Waals surface area (Å²) in [7, 11) is 2.57. The summed E-state index contributed by atoms with van der Waals surface area (Å²) >= 11 is 0. The average molecular weight is 769 g/mol. The second-order valence-electron chi connectivity index (χ2n) is 15.5. The first-order valence-electron chi connectivity index (χ1n) is 19.2. The Hall–Kier alpha value is -5.66. The molecule has 3 heterocycles. The van der Waals surface area contributed by atoms with E-state index in [-0.39, 0.29) is 35.9 Å². The highest BCUT2D eigenvalue weighted by molar-refractivity contribution is 5.91. The number of rotatable bonds is 13. The molecule has 14 nitrogen and oxygen atoms in total. The van der Waals surface area contributed by atoms with Crippen LogP contribution in [0.4, 0.5) is 9.59 Å². The van der Waals surface area contributed by atoms with Gasteiger partial charge in [-0.25, -0.2) is 14.6 Å². The number of H-pyrrole nitrogens is 1. The fraction of sp³-hybridized carbons (Fsp3) is 0.476. The second-order valence-corrected chi connectivity index (χ2v) is 15.5. The second kappa shape index (κ2) is 17.4. The lowest BCUT2D eigenvalue weighted by Crippen LogP contribution is -2.62. The molecule has 0 aliphatic carbocycles. The Kier molecular flexibility index (Phi) is 12.9. The number of amides is 4. The van der Waals surface area contributed by atoms with E-state index < -0.39 is 23.3 Å². The van der Waals surface area contributed by atoms with Crippen LogP contribution in [-0.4, -0.2) is 95.0 Å². The van der Waals surface area contributed by atoms with Crippen LogP contribution in [0.15, 0.2) is 65.9 Å². The molecule has 0 bridgehead atoms. The first-order chi connectivity index (χ1) is 26.7. The van der Waals surface area contributed by atoms with Gasteiger partial charge < -0.3 is 40.2 Å². The number of methoxy groups -OCH3 is 2. The number of imidazole rings is 1. The largest absolute Gasteiger partial charge is 0.453 e. The number of ether oxygens (including phenoxy) is 2. The fourth-order valence-electron chi connectivity index (χ4n) is 7.27. The number of carbonyl (C=O) groups excluding carboxylic acids is 4. The topological polar surface area (TPSA) is 170 Å². The van der Waals surface area contributed by atoms with E-state index in [4.69, 9.17) is 14.5 Å². The number of benzene rings is 2. The molecule has 0 saturated carbocycles. The average Bonchev–Trinajstić information content (AvgIpc) is 3.99. The zero-order valence-electron chi connectivity index (χ0n) is 33.8. The van der Waals surface area contributed by atoms with Gasteiger partial charge in [-0.15, -0.1) is 0 Å². The van der Waals surface area contributed by atoms with E-state index in [1.807, 2.05) is 69.0 Å². The molecule has 4 N–H and O–H groups in total. The zero-order chi connectivity index (χ0) is 40.8. The highest BCUT2D eigenvalue weighted by Gasteiger charge is 2.46. The number of aliphatic imine (C=N–C) groups is 1. The SMILES string of the molecule is C=N/C=C(\NC1CCCN1C(=O)[C@@](C)(NC(=O)OC)C(C)C)c1ccc(-c2ccc(-c3cnc(C4CCCN4C(=O)[C@@](C)(NC(=O)OC)C(C)C)[nH]3)cc2)cc1. The molecular formula is C42H56N8O6. The molecule has 14 heteroatoms. The predicted octanol–water partition coefficient (Wildman–Crippen LogP) is 6.49. The van der Waals surface area contributed by atoms with Crippen molar-refractivity contribution in [1.29, 1.82) is 0 Å². The van der Waals surface area contributed by atoms with Gasteiger partial charge in [-0.3, -0.25) is 14.6 Å². The Morgan fingerprint density at radius 2 is 1.32 bits per heavy atom. The summed E-state index contributed by atoms with van der Waals surface area (Å²) < 4.78 is 9.64. The Labute approximate surface area is 329 Å². The van der Waals surface area contributed by atoms with Crippen molar-refractivity contribution in [1.82, 2.24) is 35.7 Å². The van der Waals surface area contributed by atoms with Crippen LogP contribution in [-0.2, 0) is 19.1 Å². The van der Waals surface area contributed by atoms with Crippen molar-refractivity contribution < 1.29 is 28.7 Å². The minimum Gasteiger partial charge on any atom is -0.453 e. The maximum absolute atomic E-state index is 13.9. The summed E-state index contributed by atoms with van der Waals surface area (Å²) in [6.45, 7) is 15.9. The Morgan fingerprint density at radius 1 is 0.821 bits per heavy atom. The fourth-order valence-corrected chi connectivity index (χ4v) is 7.27. The van der Waals surface area contributed by atoms with E-state index in [1.54, 1.807) is 31.1 Å². The van der Waals surface area contributed by atoms with Gasteiger partial charge in [0.1, 0.15) is 23.1 Å². The Bertz CT molecular complexity index is 1920. The lowest BCUT2D eigenvalue weighted by molar-refractivity contribution is -0.141. The minimum atomic E-state index is -1.14. The molecule has 2 aromatic carbocycles. The summed E-state index contributed by atoms with van der Waals surface area (Å²) in [5.74, 6) is 0.0199. The first-order valence-corrected chi connectivity index (χ1v) is 19.2. The Balaban J connectivity index is 1.27. The summed E-state index contributed by atoms with van der Waals surface area (Å²) in [5, 5.41) is 9.04. The van der Waals surface area contributed by atoms with E-state index in [1.165, 1.54) is 14.2 Å². The molecule has 5 rings (SSSR count). The lowest BCUT2D eigenvalue weighted by Gasteiger charge is -2.38. The van der Waals surface area contributed by atoms with Gasteiger partial charge in [0.2, 0.25) is 11.8 Å². The zero-order valence-corrected chi connectivity index (χ0v) is 33.8. The van der Waals surface area contributed by atoms with Crippen molar-refractivity contribution in [2.75, 3.05) is 27.3 Å². The van der Waals surface area contributed by atoms with Crippen LogP contribution in [0.1, 0.15) is 84.7 Å². The van der Waals surface area contributed by atoms with Gasteiger partial charge in [0, 0.05) is 19.3 Å². The number of carbonyl (C=O) groups is 4. The van der Waals surface area contributed by atoms with Gasteiger partial charge in [-0.1, -0.05) is 76.2 Å². The van der Waals surface area contributed by atoms with E-state index >= 15 is 0 Å². The van der Waals surface area contributed by atoms with Gasteiger partial charge in [0.05, 0.1) is 37.8 Å². The summed E-state index contributed by atoms with van der Waals surface area (Å²) in [5.41, 5.74) is 3.18. The summed E-state index contributed by atoms with van der Waals surface area (Å²) in [6, 6.07) is 16.0. The molecular weight excluding hydrogens is 713 g/mol. The van der Waals surface area contributed by atoms with Gasteiger partial charge in [0.25, 0.3) is 0 Å². The number of nitrogens with one attached hydrogen (secondary N) is 4. The molecule has 3 aromatic rings. The van der Waals surface area contributed by atoms with Crippen LogP contribution in [0.25, 0.3) is 28.1 Å².